The predicted molar refractivity (Wildman–Crippen MR) is 160 cm³/mol. The lowest BCUT2D eigenvalue weighted by Crippen LogP contribution is -2.36. The van der Waals surface area contributed by atoms with E-state index < -0.39 is 47.8 Å². The van der Waals surface area contributed by atoms with Gasteiger partial charge in [-0.15, -0.1) is 0 Å². The largest absolute Gasteiger partial charge is 0.505 e. The number of benzene rings is 1. The molecule has 1 aliphatic heterocycles. The van der Waals surface area contributed by atoms with E-state index in [1.807, 2.05) is 6.92 Å². The van der Waals surface area contributed by atoms with Crippen molar-refractivity contribution in [2.24, 2.45) is 11.8 Å². The molecule has 2 bridgehead atoms. The fourth-order valence-electron chi connectivity index (χ4n) is 5.07. The molecule has 11 nitrogen and oxygen atoms in total. The molecule has 0 saturated carbocycles. The molecule has 5 atom stereocenters. The minimum atomic E-state index is -0.983. The van der Waals surface area contributed by atoms with Gasteiger partial charge in [-0.2, -0.15) is 0 Å². The molecule has 1 aromatic rings. The summed E-state index contributed by atoms with van der Waals surface area (Å²) in [5.41, 5.74) is 0.488. The molecule has 2 amide bonds. The van der Waals surface area contributed by atoms with Gasteiger partial charge in [0.2, 0.25) is 5.91 Å². The van der Waals surface area contributed by atoms with E-state index in [1.165, 1.54) is 59.5 Å². The van der Waals surface area contributed by atoms with E-state index in [-0.39, 0.29) is 46.4 Å². The van der Waals surface area contributed by atoms with Gasteiger partial charge in [0.15, 0.2) is 17.3 Å². The number of aromatic hydroxyl groups is 1. The lowest BCUT2D eigenvalue weighted by atomic mass is 9.88. The number of carbonyl (C=O) groups is 4. The van der Waals surface area contributed by atoms with Crippen LogP contribution >= 0.6 is 0 Å². The number of fused-ring (bicyclic) bond motifs is 2. The van der Waals surface area contributed by atoms with Crippen LogP contribution in [0.4, 0.5) is 5.69 Å². The van der Waals surface area contributed by atoms with Crippen LogP contribution in [0.15, 0.2) is 41.5 Å². The number of ether oxygens (including phenoxy) is 4. The van der Waals surface area contributed by atoms with Gasteiger partial charge in [0.1, 0.15) is 11.9 Å². The molecule has 1 heterocycles. The Kier molecular flexibility index (Phi) is 12.8. The number of carbonyl (C=O) groups excluding carboxylic acids is 4. The Morgan fingerprint density at radius 3 is 2.21 bits per heavy atom. The van der Waals surface area contributed by atoms with Gasteiger partial charge in [0.25, 0.3) is 5.91 Å². The predicted octanol–water partition coefficient (Wildman–Crippen LogP) is 3.83. The lowest BCUT2D eigenvalue weighted by molar-refractivity contribution is -0.132. The summed E-state index contributed by atoms with van der Waals surface area (Å²) in [4.78, 5) is 52.2. The van der Waals surface area contributed by atoms with Crippen molar-refractivity contribution in [3.63, 3.8) is 0 Å². The molecule has 0 aromatic heterocycles. The number of ketones is 1. The minimum absolute atomic E-state index is 0.0610. The summed E-state index contributed by atoms with van der Waals surface area (Å²) >= 11 is 0. The monoisotopic (exact) mass is 601 g/mol. The van der Waals surface area contributed by atoms with E-state index in [9.17, 15) is 29.4 Å². The van der Waals surface area contributed by atoms with Gasteiger partial charge in [0, 0.05) is 51.2 Å². The Balaban J connectivity index is 2.86. The van der Waals surface area contributed by atoms with Crippen LogP contribution in [-0.4, -0.2) is 73.4 Å². The maximum Gasteiger partial charge on any atom is 0.308 e. The molecule has 0 fully saturated rings. The Labute approximate surface area is 252 Å². The number of phenols is 1. The number of methoxy groups -OCH3 is 3. The lowest BCUT2D eigenvalue weighted by Gasteiger charge is -2.29. The number of phenolic OH excluding ortho intramolecular Hbond substituents is 1. The van der Waals surface area contributed by atoms with E-state index in [1.54, 1.807) is 19.9 Å². The fraction of sp³-hybridized carbons (Fsp3) is 0.500. The van der Waals surface area contributed by atoms with Gasteiger partial charge in [-0.05, 0) is 44.3 Å². The van der Waals surface area contributed by atoms with Crippen molar-refractivity contribution < 1.29 is 48.3 Å². The van der Waals surface area contributed by atoms with Gasteiger partial charge < -0.3 is 29.2 Å². The first-order chi connectivity index (χ1) is 20.2. The molecule has 2 N–H and O–H groups in total. The number of aliphatic hydroxyl groups is 1. The van der Waals surface area contributed by atoms with E-state index in [4.69, 9.17) is 18.9 Å². The van der Waals surface area contributed by atoms with Crippen LogP contribution in [0.1, 0.15) is 53.5 Å². The summed E-state index contributed by atoms with van der Waals surface area (Å²) in [5.74, 6) is -3.62. The normalized spacial score (nSPS) is 27.5. The minimum Gasteiger partial charge on any atom is -0.505 e. The molecule has 11 heteroatoms. The Bertz CT molecular complexity index is 1310. The standard InChI is InChI=1S/C32H43NO10/c1-17-13-23-30(38)24(16-27(31(23)42-9)43-22(6)35)33(21(5)34)32(39)18(2)11-10-12-25(40-7)28(36)19(3)15-20(4)29(37)26(14-17)41-8/h10-12,15-17,20,25-26,29,37-38H,13-14H2,1-9H3/b12-10-,18-11+,19-15+/t17-,20+,25+,26+,29-/m1/s1. The second-order valence-corrected chi connectivity index (χ2v) is 10.8. The number of rotatable bonds is 4. The summed E-state index contributed by atoms with van der Waals surface area (Å²) < 4.78 is 21.9. The zero-order valence-corrected chi connectivity index (χ0v) is 26.3. The van der Waals surface area contributed by atoms with E-state index in [0.29, 0.717) is 12.0 Å². The maximum atomic E-state index is 13.6. The number of nitrogens with zero attached hydrogens (tertiary/aromatic N) is 1. The van der Waals surface area contributed by atoms with Crippen molar-refractivity contribution in [3.8, 4) is 17.2 Å². The fourth-order valence-corrected chi connectivity index (χ4v) is 5.07. The van der Waals surface area contributed by atoms with Crippen molar-refractivity contribution in [3.05, 3.63) is 47.1 Å². The quantitative estimate of drug-likeness (QED) is 0.385. The number of imide groups is 1. The van der Waals surface area contributed by atoms with Gasteiger partial charge in [0.05, 0.1) is 25.0 Å². The molecule has 2 rings (SSSR count). The van der Waals surface area contributed by atoms with Crippen molar-refractivity contribution in [2.45, 2.75) is 72.7 Å². The molecule has 236 valence electrons. The molecule has 0 aliphatic carbocycles. The number of esters is 1. The van der Waals surface area contributed by atoms with Crippen molar-refractivity contribution in [1.82, 2.24) is 0 Å². The first kappa shape index (κ1) is 35.4. The van der Waals surface area contributed by atoms with Crippen molar-refractivity contribution in [2.75, 3.05) is 26.2 Å². The number of hydrogen-bond acceptors (Lipinski definition) is 10. The van der Waals surface area contributed by atoms with Crippen molar-refractivity contribution >= 4 is 29.3 Å². The van der Waals surface area contributed by atoms with Crippen LogP contribution in [0.2, 0.25) is 0 Å². The number of aliphatic hydroxyl groups excluding tert-OH is 1. The van der Waals surface area contributed by atoms with Crippen LogP contribution in [0.25, 0.3) is 0 Å². The van der Waals surface area contributed by atoms with Gasteiger partial charge in [-0.3, -0.25) is 19.2 Å². The number of amides is 2. The summed E-state index contributed by atoms with van der Waals surface area (Å²) in [5, 5.41) is 22.6. The van der Waals surface area contributed by atoms with Crippen LogP contribution in [0.3, 0.4) is 0 Å². The van der Waals surface area contributed by atoms with Crippen LogP contribution in [0.5, 0.6) is 17.2 Å². The average Bonchev–Trinajstić information content (AvgIpc) is 2.94. The summed E-state index contributed by atoms with van der Waals surface area (Å²) in [6.07, 6.45) is 3.85. The highest BCUT2D eigenvalue weighted by molar-refractivity contribution is 6.21. The summed E-state index contributed by atoms with van der Waals surface area (Å²) in [6, 6.07) is 1.20. The zero-order valence-electron chi connectivity index (χ0n) is 26.3. The number of hydrogen-bond donors (Lipinski definition) is 2. The Hall–Kier alpha value is -3.80. The summed E-state index contributed by atoms with van der Waals surface area (Å²) in [6.45, 7) is 9.10. The highest BCUT2D eigenvalue weighted by Crippen LogP contribution is 2.46. The highest BCUT2D eigenvalue weighted by Gasteiger charge is 2.32. The molecular formula is C32H43NO10. The molecule has 0 radical (unpaired) electrons. The topological polar surface area (TPSA) is 149 Å². The molecule has 1 aromatic carbocycles. The van der Waals surface area contributed by atoms with Crippen LogP contribution in [-0.2, 0) is 35.1 Å². The van der Waals surface area contributed by atoms with Crippen LogP contribution in [0, 0.1) is 11.8 Å². The van der Waals surface area contributed by atoms with E-state index in [0.717, 1.165) is 11.8 Å². The molecular weight excluding hydrogens is 558 g/mol. The summed E-state index contributed by atoms with van der Waals surface area (Å²) in [7, 11) is 4.19. The highest BCUT2D eigenvalue weighted by atomic mass is 16.6. The smallest absolute Gasteiger partial charge is 0.308 e. The second-order valence-electron chi connectivity index (χ2n) is 10.8. The number of allylic oxidation sites excluding steroid dienone is 2. The molecule has 0 unspecified atom stereocenters. The first-order valence-electron chi connectivity index (χ1n) is 14.0. The van der Waals surface area contributed by atoms with Gasteiger partial charge >= 0.3 is 5.97 Å². The number of anilines is 1. The molecule has 43 heavy (non-hydrogen) atoms. The third kappa shape index (κ3) is 8.62. The average molecular weight is 602 g/mol. The maximum absolute atomic E-state index is 13.6. The molecule has 1 aliphatic rings. The van der Waals surface area contributed by atoms with Crippen molar-refractivity contribution in [1.29, 1.82) is 0 Å². The Morgan fingerprint density at radius 2 is 1.67 bits per heavy atom. The molecule has 0 spiro atoms. The van der Waals surface area contributed by atoms with Gasteiger partial charge in [-0.25, -0.2) is 4.90 Å². The zero-order chi connectivity index (χ0) is 32.6. The SMILES string of the molecule is COc1c(OC(C)=O)cc2c(O)c1C[C@@H](C)C[C@H](OC)[C@H](O)[C@@H](C)/C=C(\C)C(=O)[C@@H](OC)/C=C\C=C(/C)C(=O)N2C(C)=O. The molecule has 0 saturated heterocycles. The number of Topliss-reactive ketones (excluding diaryl/α,β-unsaturated/α-hetero) is 1. The third-order valence-corrected chi connectivity index (χ3v) is 7.30. The third-order valence-electron chi connectivity index (χ3n) is 7.30. The van der Waals surface area contributed by atoms with Crippen LogP contribution < -0.4 is 14.4 Å². The van der Waals surface area contributed by atoms with Gasteiger partial charge in [-0.1, -0.05) is 32.1 Å². The second kappa shape index (κ2) is 15.6. The Morgan fingerprint density at radius 1 is 1.02 bits per heavy atom. The van der Waals surface area contributed by atoms with E-state index in [2.05, 4.69) is 0 Å². The van der Waals surface area contributed by atoms with E-state index >= 15 is 0 Å². The first-order valence-corrected chi connectivity index (χ1v) is 14.0.